The van der Waals surface area contributed by atoms with Gasteiger partial charge < -0.3 is 0 Å². The van der Waals surface area contributed by atoms with Gasteiger partial charge in [0.1, 0.15) is 0 Å². The molecule has 7 heteroatoms. The molecule has 14 rings (SSSR count). The zero-order valence-corrected chi connectivity index (χ0v) is 43.9. The van der Waals surface area contributed by atoms with Gasteiger partial charge in [-0.1, -0.05) is 78.9 Å². The molecular weight excluding hydrogens is 956 g/mol. The van der Waals surface area contributed by atoms with E-state index in [9.17, 15) is 0 Å². The molecule has 1 atom stereocenters. The van der Waals surface area contributed by atoms with Crippen molar-refractivity contribution in [3.63, 3.8) is 0 Å². The molecule has 10 aromatic rings. The van der Waals surface area contributed by atoms with Gasteiger partial charge in [0.2, 0.25) is 0 Å². The van der Waals surface area contributed by atoms with Gasteiger partial charge >= 0.3 is 338 Å². The van der Waals surface area contributed by atoms with Crippen LogP contribution in [-0.4, -0.2) is 36.2 Å². The van der Waals surface area contributed by atoms with E-state index in [2.05, 4.69) is 254 Å². The first-order chi connectivity index (χ1) is 35.3. The van der Waals surface area contributed by atoms with Crippen molar-refractivity contribution < 1.29 is 4.74 Å². The first kappa shape index (κ1) is 43.4. The molecule has 0 amide bonds. The van der Waals surface area contributed by atoms with Crippen LogP contribution in [-0.2, 0) is 5.41 Å². The second kappa shape index (κ2) is 16.6. The second-order valence-electron chi connectivity index (χ2n) is 20.8. The van der Waals surface area contributed by atoms with Crippen LogP contribution in [0.5, 0.6) is 11.5 Å². The molecule has 0 radical (unpaired) electrons. The predicted octanol–water partition coefficient (Wildman–Crippen LogP) is 13.6. The molecule has 3 aliphatic heterocycles. The Labute approximate surface area is 425 Å². The van der Waals surface area contributed by atoms with Gasteiger partial charge in [0.05, 0.1) is 0 Å². The molecule has 4 aliphatic rings. The van der Waals surface area contributed by atoms with E-state index >= 15 is 0 Å². The number of anilines is 4. The Morgan fingerprint density at radius 2 is 1.22 bits per heavy atom. The molecule has 0 N–H and O–H groups in total. The van der Waals surface area contributed by atoms with Crippen LogP contribution in [0.4, 0.5) is 22.7 Å². The van der Waals surface area contributed by atoms with Gasteiger partial charge in [0, 0.05) is 0 Å². The fourth-order valence-corrected chi connectivity index (χ4v) is 30.9. The van der Waals surface area contributed by atoms with Crippen LogP contribution in [0.25, 0.3) is 45.1 Å². The van der Waals surface area contributed by atoms with E-state index in [-0.39, 0.29) is 5.41 Å². The maximum atomic E-state index is 7.34. The van der Waals surface area contributed by atoms with Gasteiger partial charge in [0.15, 0.2) is 0 Å². The van der Waals surface area contributed by atoms with Crippen molar-refractivity contribution in [1.82, 2.24) is 9.55 Å². The van der Waals surface area contributed by atoms with Crippen LogP contribution in [0, 0.1) is 0 Å². The summed E-state index contributed by atoms with van der Waals surface area (Å²) in [5.74, 6) is 2.62. The van der Waals surface area contributed by atoms with E-state index < -0.39 is 21.2 Å². The van der Waals surface area contributed by atoms with E-state index in [1.807, 2.05) is 6.20 Å². The maximum absolute atomic E-state index is 7.34. The molecule has 0 saturated heterocycles. The summed E-state index contributed by atoms with van der Waals surface area (Å²) in [7, 11) is -0.503. The van der Waals surface area contributed by atoms with E-state index in [0.717, 1.165) is 35.1 Å². The number of pyridine rings is 1. The Morgan fingerprint density at radius 3 is 1.90 bits per heavy atom. The van der Waals surface area contributed by atoms with Gasteiger partial charge in [-0.2, -0.15) is 0 Å². The Morgan fingerprint density at radius 1 is 0.597 bits per heavy atom. The number of fused-ring (bicyclic) bond motifs is 7. The minimum atomic E-state index is -3.52. The van der Waals surface area contributed by atoms with Crippen molar-refractivity contribution in [1.29, 1.82) is 0 Å². The third-order valence-electron chi connectivity index (χ3n) is 15.9. The molecule has 1 spiro atoms. The third kappa shape index (κ3) is 6.46. The number of aromatic nitrogens is 2. The number of hydrogen-bond acceptors (Lipinski definition) is 4. The van der Waals surface area contributed by atoms with Crippen LogP contribution in [0.1, 0.15) is 48.8 Å². The first-order valence-corrected chi connectivity index (χ1v) is 31.4. The summed E-state index contributed by atoms with van der Waals surface area (Å²) in [5, 5.41) is 4.51. The summed E-state index contributed by atoms with van der Waals surface area (Å²) < 4.78 is 14.9. The fourth-order valence-electron chi connectivity index (χ4n) is 12.7. The minimum absolute atomic E-state index is 0.0314. The number of allylic oxidation sites excluding steroid dienone is 1. The standard InChI is InChI=1S/C65H53GeN4OP/c1-65(2,3)45-36-37-67-61(38-45)70-57-33-19-30-53-62(57)63-54(66(53)51-28-11-15-34-59(51)72(4)60-35-16-12-29-52(60)66)40-48(41-58(63)70)71-47-25-17-24-46(39-47)68-42-69(56-32-14-13-31-55(56)68)64-49(43-20-7-5-8-21-43)26-18-27-50(64)44-22-9-6-10-23-44/h5-29,31-41,53H,30,42H2,1-4H3. The summed E-state index contributed by atoms with van der Waals surface area (Å²) in [6.45, 7) is 9.96. The summed E-state index contributed by atoms with van der Waals surface area (Å²) >= 11 is -3.52. The normalized spacial score (nSPS) is 18.1. The quantitative estimate of drug-likeness (QED) is 0.118. The number of para-hydroxylation sites is 3. The van der Waals surface area contributed by atoms with Gasteiger partial charge in [-0.25, -0.2) is 0 Å². The van der Waals surface area contributed by atoms with Crippen LogP contribution in [0.15, 0.2) is 212 Å². The average molecular weight is 1010 g/mol. The summed E-state index contributed by atoms with van der Waals surface area (Å²) in [4.78, 5) is 10.1. The summed E-state index contributed by atoms with van der Waals surface area (Å²) in [6.07, 6.45) is 7.87. The fraction of sp³-hybridized carbons (Fsp3) is 0.123. The molecular formula is C65H53GeN4OP. The molecule has 0 fully saturated rings. The average Bonchev–Trinajstić information content (AvgIpc) is 4.07. The molecule has 5 heterocycles. The summed E-state index contributed by atoms with van der Waals surface area (Å²) in [5.41, 5.74) is 14.5. The summed E-state index contributed by atoms with van der Waals surface area (Å²) in [6, 6.07) is 74.2. The molecule has 0 saturated carbocycles. The molecule has 8 aromatic carbocycles. The predicted molar refractivity (Wildman–Crippen MR) is 305 cm³/mol. The van der Waals surface area contributed by atoms with Crippen molar-refractivity contribution >= 4 is 84.7 Å². The zero-order valence-electron chi connectivity index (χ0n) is 40.9. The van der Waals surface area contributed by atoms with Crippen molar-refractivity contribution in [2.75, 3.05) is 23.1 Å². The molecule has 1 aliphatic carbocycles. The second-order valence-corrected chi connectivity index (χ2v) is 31.1. The van der Waals surface area contributed by atoms with E-state index in [1.54, 1.807) is 19.4 Å². The van der Waals surface area contributed by atoms with E-state index in [0.29, 0.717) is 11.4 Å². The van der Waals surface area contributed by atoms with Gasteiger partial charge in [-0.05, 0) is 11.1 Å². The number of rotatable bonds is 7. The van der Waals surface area contributed by atoms with Gasteiger partial charge in [-0.15, -0.1) is 0 Å². The van der Waals surface area contributed by atoms with Crippen LogP contribution < -0.4 is 38.3 Å². The van der Waals surface area contributed by atoms with Crippen molar-refractivity contribution in [2.45, 2.75) is 37.4 Å². The van der Waals surface area contributed by atoms with Crippen LogP contribution in [0.2, 0.25) is 0 Å². The Hall–Kier alpha value is -7.44. The number of hydrogen-bond donors (Lipinski definition) is 0. The Bertz CT molecular complexity index is 3730. The number of ether oxygens (including phenoxy) is 1. The topological polar surface area (TPSA) is 33.5 Å². The van der Waals surface area contributed by atoms with E-state index in [4.69, 9.17) is 9.72 Å². The first-order valence-electron chi connectivity index (χ1n) is 25.2. The van der Waals surface area contributed by atoms with Crippen LogP contribution >= 0.6 is 7.92 Å². The van der Waals surface area contributed by atoms with Gasteiger partial charge in [-0.3, -0.25) is 0 Å². The third-order valence-corrected chi connectivity index (χ3v) is 30.3. The molecule has 5 nitrogen and oxygen atoms in total. The zero-order chi connectivity index (χ0) is 48.3. The van der Waals surface area contributed by atoms with Crippen molar-refractivity contribution in [2.24, 2.45) is 0 Å². The molecule has 0 bridgehead atoms. The Balaban J connectivity index is 0.930. The number of nitrogens with zero attached hydrogens (tertiary/aromatic N) is 4. The molecule has 348 valence electrons. The SMILES string of the molecule is CP1c2cccc[c]2[Ge]2([c]3ccccc31)[c]1cc(Oc3cccc(N4CN(c5c(-c6ccccc6)cccc5-c5ccccc5)c5ccccc54)c3)cc3c1c1c(n3-c3cc(C(C)(C)C)ccn3)C=CC[CH]12. The number of benzene rings is 8. The monoisotopic (exact) mass is 1010 g/mol. The van der Waals surface area contributed by atoms with Crippen LogP contribution in [0.3, 0.4) is 0 Å². The molecule has 72 heavy (non-hydrogen) atoms. The van der Waals surface area contributed by atoms with Crippen molar-refractivity contribution in [3.05, 3.63) is 229 Å². The van der Waals surface area contributed by atoms with Crippen molar-refractivity contribution in [3.8, 4) is 39.6 Å². The van der Waals surface area contributed by atoms with Gasteiger partial charge in [0.25, 0.3) is 0 Å². The Kier molecular flexibility index (Phi) is 9.97. The molecule has 2 aromatic heterocycles. The van der Waals surface area contributed by atoms with E-state index in [1.165, 1.54) is 65.7 Å². The molecule has 1 unspecified atom stereocenters.